The van der Waals surface area contributed by atoms with Gasteiger partial charge in [0, 0.05) is 17.3 Å². The lowest BCUT2D eigenvalue weighted by Gasteiger charge is -2.34. The minimum atomic E-state index is -0.0266. The van der Waals surface area contributed by atoms with Crippen molar-refractivity contribution in [1.29, 1.82) is 0 Å². The van der Waals surface area contributed by atoms with E-state index in [0.29, 0.717) is 0 Å². The zero-order valence-corrected chi connectivity index (χ0v) is 18.8. The summed E-state index contributed by atoms with van der Waals surface area (Å²) in [5.41, 5.74) is 8.25. The van der Waals surface area contributed by atoms with Crippen LogP contribution in [-0.2, 0) is 0 Å². The molecule has 0 aliphatic carbocycles. The van der Waals surface area contributed by atoms with Crippen molar-refractivity contribution in [3.63, 3.8) is 0 Å². The minimum Gasteiger partial charge on any atom is -0.375 e. The van der Waals surface area contributed by atoms with Gasteiger partial charge in [-0.2, -0.15) is 0 Å². The van der Waals surface area contributed by atoms with E-state index < -0.39 is 0 Å². The largest absolute Gasteiger partial charge is 0.375 e. The smallest absolute Gasteiger partial charge is 0.0733 e. The second kappa shape index (κ2) is 8.77. The van der Waals surface area contributed by atoms with Crippen molar-refractivity contribution >= 4 is 5.69 Å². The summed E-state index contributed by atoms with van der Waals surface area (Å²) in [6.45, 7) is 8.95. The van der Waals surface area contributed by atoms with E-state index in [2.05, 4.69) is 118 Å². The Hall–Kier alpha value is -3.39. The van der Waals surface area contributed by atoms with E-state index in [9.17, 15) is 0 Å². The molecule has 2 heteroatoms. The summed E-state index contributed by atoms with van der Waals surface area (Å²) in [7, 11) is 0. The fraction of sp³-hybridized carbons (Fsp3) is 0.207. The third-order valence-corrected chi connectivity index (χ3v) is 5.59. The molecule has 0 saturated carbocycles. The lowest BCUT2D eigenvalue weighted by molar-refractivity contribution is 0.342. The van der Waals surface area contributed by atoms with Crippen LogP contribution in [0.15, 0.2) is 97.2 Å². The molecule has 1 unspecified atom stereocenters. The molecule has 0 spiro atoms. The highest BCUT2D eigenvalue weighted by atomic mass is 15.0. The van der Waals surface area contributed by atoms with Crippen LogP contribution in [0.4, 0.5) is 5.69 Å². The molecule has 0 bridgehead atoms. The quantitative estimate of drug-likeness (QED) is 0.364. The number of aromatic nitrogens is 1. The average Bonchev–Trinajstić information content (AvgIpc) is 2.78. The number of nitrogens with zero attached hydrogens (tertiary/aromatic N) is 1. The van der Waals surface area contributed by atoms with E-state index in [1.54, 1.807) is 0 Å². The maximum Gasteiger partial charge on any atom is 0.0733 e. The first-order chi connectivity index (χ1) is 14.9. The first-order valence-electron chi connectivity index (χ1n) is 10.9. The number of hydrogen-bond donors (Lipinski definition) is 1. The van der Waals surface area contributed by atoms with Crippen LogP contribution >= 0.6 is 0 Å². The summed E-state index contributed by atoms with van der Waals surface area (Å²) in [6, 6.07) is 32.0. The normalized spacial score (nSPS) is 12.4. The Morgan fingerprint density at radius 2 is 1.23 bits per heavy atom. The number of benzene rings is 3. The van der Waals surface area contributed by atoms with Crippen molar-refractivity contribution < 1.29 is 0 Å². The molecule has 1 aromatic heterocycles. The summed E-state index contributed by atoms with van der Waals surface area (Å²) in [5, 5.41) is 3.93. The average molecular weight is 407 g/mol. The molecule has 0 saturated heterocycles. The first-order valence-corrected chi connectivity index (χ1v) is 10.9. The van der Waals surface area contributed by atoms with Gasteiger partial charge in [-0.15, -0.1) is 0 Å². The maximum absolute atomic E-state index is 4.70. The van der Waals surface area contributed by atoms with Gasteiger partial charge in [-0.05, 0) is 53.3 Å². The number of anilines is 1. The van der Waals surface area contributed by atoms with Crippen molar-refractivity contribution in [2.45, 2.75) is 33.7 Å². The Balaban J connectivity index is 1.94. The first kappa shape index (κ1) is 20.9. The zero-order valence-electron chi connectivity index (χ0n) is 18.8. The van der Waals surface area contributed by atoms with Crippen LogP contribution < -0.4 is 5.32 Å². The molecule has 0 radical (unpaired) electrons. The van der Waals surface area contributed by atoms with Gasteiger partial charge in [0.05, 0.1) is 17.4 Å². The van der Waals surface area contributed by atoms with Crippen LogP contribution in [0.2, 0.25) is 0 Å². The molecule has 2 nitrogen and oxygen atoms in total. The van der Waals surface area contributed by atoms with E-state index in [1.807, 2.05) is 12.3 Å². The third kappa shape index (κ3) is 4.69. The molecular weight excluding hydrogens is 376 g/mol. The summed E-state index contributed by atoms with van der Waals surface area (Å²) >= 11 is 0. The number of rotatable bonds is 5. The Labute approximate surface area is 186 Å². The lowest BCUT2D eigenvalue weighted by Crippen LogP contribution is -2.27. The summed E-state index contributed by atoms with van der Waals surface area (Å²) < 4.78 is 0. The molecule has 4 aromatic rings. The van der Waals surface area contributed by atoms with E-state index in [1.165, 1.54) is 27.8 Å². The van der Waals surface area contributed by atoms with Crippen LogP contribution in [0.25, 0.3) is 22.3 Å². The van der Waals surface area contributed by atoms with Crippen molar-refractivity contribution in [2.24, 2.45) is 5.41 Å². The van der Waals surface area contributed by atoms with Crippen LogP contribution in [0.5, 0.6) is 0 Å². The van der Waals surface area contributed by atoms with Gasteiger partial charge in [0.15, 0.2) is 0 Å². The summed E-state index contributed by atoms with van der Waals surface area (Å²) in [4.78, 5) is 4.70. The van der Waals surface area contributed by atoms with Crippen molar-refractivity contribution in [3.8, 4) is 22.3 Å². The summed E-state index contributed by atoms with van der Waals surface area (Å²) in [6.07, 6.45) is 1.88. The molecule has 1 atom stereocenters. The maximum atomic E-state index is 4.70. The zero-order chi connectivity index (χ0) is 21.8. The van der Waals surface area contributed by atoms with Crippen molar-refractivity contribution in [2.75, 3.05) is 5.32 Å². The highest BCUT2D eigenvalue weighted by molar-refractivity contribution is 5.91. The molecule has 0 amide bonds. The predicted octanol–water partition coefficient (Wildman–Crippen LogP) is 7.92. The van der Waals surface area contributed by atoms with Crippen LogP contribution in [0.3, 0.4) is 0 Å². The second-order valence-corrected chi connectivity index (χ2v) is 9.17. The molecule has 0 aliphatic heterocycles. The molecule has 0 fully saturated rings. The molecule has 31 heavy (non-hydrogen) atoms. The number of pyridine rings is 1. The fourth-order valence-corrected chi connectivity index (χ4v) is 4.06. The van der Waals surface area contributed by atoms with Gasteiger partial charge in [-0.3, -0.25) is 4.98 Å². The Bertz CT molecular complexity index is 1070. The van der Waals surface area contributed by atoms with Gasteiger partial charge >= 0.3 is 0 Å². The third-order valence-electron chi connectivity index (χ3n) is 5.59. The van der Waals surface area contributed by atoms with Gasteiger partial charge in [-0.1, -0.05) is 87.5 Å². The summed E-state index contributed by atoms with van der Waals surface area (Å²) in [5.74, 6) is 0. The highest BCUT2D eigenvalue weighted by Crippen LogP contribution is 2.43. The predicted molar refractivity (Wildman–Crippen MR) is 132 cm³/mol. The molecule has 3 aromatic carbocycles. The van der Waals surface area contributed by atoms with E-state index in [-0.39, 0.29) is 11.5 Å². The van der Waals surface area contributed by atoms with Crippen LogP contribution in [0, 0.1) is 12.3 Å². The van der Waals surface area contributed by atoms with E-state index >= 15 is 0 Å². The Kier molecular flexibility index (Phi) is 5.90. The van der Waals surface area contributed by atoms with E-state index in [0.717, 1.165) is 11.4 Å². The second-order valence-electron chi connectivity index (χ2n) is 9.17. The Morgan fingerprint density at radius 1 is 0.710 bits per heavy atom. The number of hydrogen-bond acceptors (Lipinski definition) is 2. The molecule has 1 N–H and O–H groups in total. The number of nitrogens with one attached hydrogen (secondary N) is 1. The van der Waals surface area contributed by atoms with Crippen LogP contribution in [-0.4, -0.2) is 4.98 Å². The van der Waals surface area contributed by atoms with Gasteiger partial charge in [0.2, 0.25) is 0 Å². The van der Waals surface area contributed by atoms with Crippen molar-refractivity contribution in [3.05, 3.63) is 108 Å². The van der Waals surface area contributed by atoms with E-state index in [4.69, 9.17) is 4.98 Å². The SMILES string of the molecule is Cc1cc(-c2ccccc2)c(NC(c2ccccn2)C(C)(C)C)c(-c2ccccc2)c1. The van der Waals surface area contributed by atoms with Gasteiger partial charge < -0.3 is 5.32 Å². The fourth-order valence-electron chi connectivity index (χ4n) is 4.06. The van der Waals surface area contributed by atoms with Gasteiger partial charge in [0.25, 0.3) is 0 Å². The molecule has 156 valence electrons. The highest BCUT2D eigenvalue weighted by Gasteiger charge is 2.29. The molecule has 1 heterocycles. The molecule has 4 rings (SSSR count). The molecule has 0 aliphatic rings. The lowest BCUT2D eigenvalue weighted by atomic mass is 9.83. The standard InChI is InChI=1S/C29H30N2/c1-21-19-24(22-13-7-5-8-14-22)27(25(20-21)23-15-9-6-10-16-23)31-28(29(2,3)4)26-17-11-12-18-30-26/h5-20,28,31H,1-4H3. The van der Waals surface area contributed by atoms with Gasteiger partial charge in [-0.25, -0.2) is 0 Å². The van der Waals surface area contributed by atoms with Gasteiger partial charge in [0.1, 0.15) is 0 Å². The minimum absolute atomic E-state index is 0.0266. The monoisotopic (exact) mass is 406 g/mol. The van der Waals surface area contributed by atoms with Crippen molar-refractivity contribution in [1.82, 2.24) is 4.98 Å². The van der Waals surface area contributed by atoms with Crippen LogP contribution in [0.1, 0.15) is 38.1 Å². The number of aryl methyl sites for hydroxylation is 1. The molecular formula is C29H30N2. The topological polar surface area (TPSA) is 24.9 Å². The Morgan fingerprint density at radius 3 is 1.68 bits per heavy atom.